The first-order valence-corrected chi connectivity index (χ1v) is 5.93. The molecule has 0 saturated heterocycles. The summed E-state index contributed by atoms with van der Waals surface area (Å²) in [6, 6.07) is 16.5. The number of methoxy groups -OCH3 is 1. The summed E-state index contributed by atoms with van der Waals surface area (Å²) in [4.78, 5) is 3.62. The van der Waals surface area contributed by atoms with Crippen molar-refractivity contribution in [1.29, 1.82) is 5.26 Å². The van der Waals surface area contributed by atoms with Gasteiger partial charge >= 0.3 is 6.02 Å². The number of nitrogens with zero attached hydrogens (tertiary/aromatic N) is 2. The lowest BCUT2D eigenvalue weighted by Crippen LogP contribution is -2.19. The van der Waals surface area contributed by atoms with Crippen LogP contribution in [0.2, 0.25) is 0 Å². The summed E-state index contributed by atoms with van der Waals surface area (Å²) in [5, 5.41) is 11.7. The Kier molecular flexibility index (Phi) is 4.57. The maximum Gasteiger partial charge on any atom is 0.310 e. The van der Waals surface area contributed by atoms with Crippen molar-refractivity contribution in [1.82, 2.24) is 0 Å². The van der Waals surface area contributed by atoms with Gasteiger partial charge in [-0.1, -0.05) is 30.3 Å². The SMILES string of the molecule is COc1ccccc1N/C(=N\C#N)Oc1ccccc1. The molecule has 1 N–H and O–H groups in total. The zero-order valence-corrected chi connectivity index (χ0v) is 10.9. The molecule has 0 bridgehead atoms. The van der Waals surface area contributed by atoms with Crippen LogP contribution in [0.25, 0.3) is 0 Å². The van der Waals surface area contributed by atoms with E-state index in [1.165, 1.54) is 0 Å². The second-order valence-electron chi connectivity index (χ2n) is 3.76. The molecule has 0 saturated carbocycles. The first-order chi connectivity index (χ1) is 9.83. The maximum atomic E-state index is 8.73. The van der Waals surface area contributed by atoms with E-state index in [-0.39, 0.29) is 6.02 Å². The van der Waals surface area contributed by atoms with Gasteiger partial charge in [0.15, 0.2) is 0 Å². The number of hydrogen-bond donors (Lipinski definition) is 1. The number of aliphatic imine (C=N–C) groups is 1. The van der Waals surface area contributed by atoms with Crippen molar-refractivity contribution in [2.75, 3.05) is 12.4 Å². The first kappa shape index (κ1) is 13.4. The molecule has 0 aromatic heterocycles. The first-order valence-electron chi connectivity index (χ1n) is 5.93. The number of hydrogen-bond acceptors (Lipinski definition) is 4. The normalized spacial score (nSPS) is 10.5. The second kappa shape index (κ2) is 6.81. The van der Waals surface area contributed by atoms with Crippen LogP contribution in [0.5, 0.6) is 11.5 Å². The predicted molar refractivity (Wildman–Crippen MR) is 76.7 cm³/mol. The van der Waals surface area contributed by atoms with E-state index in [1.807, 2.05) is 30.3 Å². The summed E-state index contributed by atoms with van der Waals surface area (Å²) in [5.41, 5.74) is 0.667. The van der Waals surface area contributed by atoms with E-state index < -0.39 is 0 Å². The molecule has 5 heteroatoms. The minimum Gasteiger partial charge on any atom is -0.495 e. The van der Waals surface area contributed by atoms with Gasteiger partial charge in [-0.2, -0.15) is 5.26 Å². The number of amidine groups is 1. The molecule has 2 aromatic carbocycles. The molecule has 0 spiro atoms. The highest BCUT2D eigenvalue weighted by atomic mass is 16.5. The van der Waals surface area contributed by atoms with Crippen molar-refractivity contribution in [3.8, 4) is 17.7 Å². The van der Waals surface area contributed by atoms with Gasteiger partial charge in [-0.25, -0.2) is 0 Å². The summed E-state index contributed by atoms with van der Waals surface area (Å²) < 4.78 is 10.7. The standard InChI is InChI=1S/C15H13N3O2/c1-19-14-10-6-5-9-13(14)18-15(17-11-16)20-12-7-3-2-4-8-12/h2-10H,1H3,(H,17,18). The van der Waals surface area contributed by atoms with Crippen LogP contribution >= 0.6 is 0 Å². The lowest BCUT2D eigenvalue weighted by Gasteiger charge is -2.12. The Labute approximate surface area is 117 Å². The maximum absolute atomic E-state index is 8.73. The molecule has 2 aromatic rings. The highest BCUT2D eigenvalue weighted by Crippen LogP contribution is 2.23. The largest absolute Gasteiger partial charge is 0.495 e. The third-order valence-corrected chi connectivity index (χ3v) is 2.46. The molecule has 0 aliphatic heterocycles. The lowest BCUT2D eigenvalue weighted by atomic mass is 10.3. The fourth-order valence-electron chi connectivity index (χ4n) is 1.58. The molecular formula is C15H13N3O2. The molecule has 0 atom stereocenters. The van der Waals surface area contributed by atoms with E-state index in [2.05, 4.69) is 10.3 Å². The van der Waals surface area contributed by atoms with Crippen LogP contribution in [0.3, 0.4) is 0 Å². The summed E-state index contributed by atoms with van der Waals surface area (Å²) in [5.74, 6) is 1.22. The molecular weight excluding hydrogens is 254 g/mol. The molecule has 0 unspecified atom stereocenters. The number of anilines is 1. The van der Waals surface area contributed by atoms with E-state index in [0.717, 1.165) is 0 Å². The third kappa shape index (κ3) is 3.50. The Morgan fingerprint density at radius 2 is 1.80 bits per heavy atom. The van der Waals surface area contributed by atoms with Crippen LogP contribution < -0.4 is 14.8 Å². The van der Waals surface area contributed by atoms with E-state index in [9.17, 15) is 0 Å². The Morgan fingerprint density at radius 1 is 1.10 bits per heavy atom. The minimum absolute atomic E-state index is 0.0863. The van der Waals surface area contributed by atoms with Gasteiger partial charge in [0.1, 0.15) is 11.5 Å². The van der Waals surface area contributed by atoms with Crippen LogP contribution in [0.15, 0.2) is 59.6 Å². The van der Waals surface area contributed by atoms with Crippen molar-refractivity contribution in [2.45, 2.75) is 0 Å². The quantitative estimate of drug-likeness (QED) is 0.527. The van der Waals surface area contributed by atoms with Crippen molar-refractivity contribution in [2.24, 2.45) is 4.99 Å². The van der Waals surface area contributed by atoms with E-state index in [4.69, 9.17) is 14.7 Å². The molecule has 100 valence electrons. The number of ether oxygens (including phenoxy) is 2. The van der Waals surface area contributed by atoms with E-state index >= 15 is 0 Å². The molecule has 0 radical (unpaired) electrons. The Hall–Kier alpha value is -3.00. The Bertz CT molecular complexity index is 633. The topological polar surface area (TPSA) is 66.6 Å². The van der Waals surface area contributed by atoms with E-state index in [1.54, 1.807) is 37.6 Å². The molecule has 20 heavy (non-hydrogen) atoms. The fourth-order valence-corrected chi connectivity index (χ4v) is 1.58. The van der Waals surface area contributed by atoms with Crippen LogP contribution in [0.1, 0.15) is 0 Å². The predicted octanol–water partition coefficient (Wildman–Crippen LogP) is 3.02. The monoisotopic (exact) mass is 267 g/mol. The minimum atomic E-state index is 0.0863. The van der Waals surface area contributed by atoms with Crippen LogP contribution in [0, 0.1) is 11.5 Å². The second-order valence-corrected chi connectivity index (χ2v) is 3.76. The highest BCUT2D eigenvalue weighted by molar-refractivity contribution is 5.92. The fraction of sp³-hybridized carbons (Fsp3) is 0.0667. The zero-order valence-electron chi connectivity index (χ0n) is 10.9. The molecule has 2 rings (SSSR count). The molecule has 0 fully saturated rings. The van der Waals surface area contributed by atoms with Gasteiger partial charge in [-0.3, -0.25) is 0 Å². The molecule has 0 heterocycles. The van der Waals surface area contributed by atoms with E-state index in [0.29, 0.717) is 17.2 Å². The number of para-hydroxylation sites is 3. The Balaban J connectivity index is 2.19. The smallest absolute Gasteiger partial charge is 0.310 e. The number of nitrogens with one attached hydrogen (secondary N) is 1. The van der Waals surface area contributed by atoms with Gasteiger partial charge < -0.3 is 14.8 Å². The third-order valence-electron chi connectivity index (χ3n) is 2.46. The summed E-state index contributed by atoms with van der Waals surface area (Å²) in [6.45, 7) is 0. The average Bonchev–Trinajstić information content (AvgIpc) is 2.49. The number of rotatable bonds is 3. The summed E-state index contributed by atoms with van der Waals surface area (Å²) in [7, 11) is 1.57. The van der Waals surface area contributed by atoms with Crippen LogP contribution in [-0.4, -0.2) is 13.1 Å². The summed E-state index contributed by atoms with van der Waals surface area (Å²) in [6.07, 6.45) is 1.71. The molecule has 5 nitrogen and oxygen atoms in total. The van der Waals surface area contributed by atoms with Crippen molar-refractivity contribution < 1.29 is 9.47 Å². The van der Waals surface area contributed by atoms with Gasteiger partial charge in [-0.05, 0) is 24.3 Å². The van der Waals surface area contributed by atoms with Gasteiger partial charge in [0.25, 0.3) is 0 Å². The van der Waals surface area contributed by atoms with Gasteiger partial charge in [0.05, 0.1) is 12.8 Å². The van der Waals surface area contributed by atoms with Gasteiger partial charge in [-0.15, -0.1) is 4.99 Å². The van der Waals surface area contributed by atoms with Crippen LogP contribution in [-0.2, 0) is 0 Å². The number of nitriles is 1. The average molecular weight is 267 g/mol. The van der Waals surface area contributed by atoms with Gasteiger partial charge in [0.2, 0.25) is 6.19 Å². The molecule has 0 aliphatic rings. The van der Waals surface area contributed by atoms with Crippen molar-refractivity contribution >= 4 is 11.7 Å². The molecule has 0 aliphatic carbocycles. The highest BCUT2D eigenvalue weighted by Gasteiger charge is 2.07. The Morgan fingerprint density at radius 3 is 2.50 bits per heavy atom. The zero-order chi connectivity index (χ0) is 14.2. The van der Waals surface area contributed by atoms with Crippen molar-refractivity contribution in [3.05, 3.63) is 54.6 Å². The molecule has 0 amide bonds. The lowest BCUT2D eigenvalue weighted by molar-refractivity contribution is 0.416. The summed E-state index contributed by atoms with van der Waals surface area (Å²) >= 11 is 0. The van der Waals surface area contributed by atoms with Crippen molar-refractivity contribution in [3.63, 3.8) is 0 Å². The number of benzene rings is 2. The van der Waals surface area contributed by atoms with Crippen LogP contribution in [0.4, 0.5) is 5.69 Å². The van der Waals surface area contributed by atoms with Gasteiger partial charge in [0, 0.05) is 0 Å².